The van der Waals surface area contributed by atoms with Gasteiger partial charge in [-0.1, -0.05) is 45.4 Å². The third-order valence-corrected chi connectivity index (χ3v) is 7.38. The minimum atomic E-state index is -0.455. The molecular formula is C23H39NO2. The van der Waals surface area contributed by atoms with Crippen molar-refractivity contribution in [1.82, 2.24) is 0 Å². The van der Waals surface area contributed by atoms with Gasteiger partial charge in [0.2, 0.25) is 0 Å². The summed E-state index contributed by atoms with van der Waals surface area (Å²) in [4.78, 5) is 0. The van der Waals surface area contributed by atoms with E-state index in [1.165, 1.54) is 77.0 Å². The van der Waals surface area contributed by atoms with Gasteiger partial charge in [-0.3, -0.25) is 0 Å². The number of ether oxygens (including phenoxy) is 2. The van der Waals surface area contributed by atoms with Crippen molar-refractivity contribution in [2.75, 3.05) is 13.2 Å². The molecule has 3 aliphatic rings. The smallest absolute Gasteiger partial charge is 0.160 e. The third kappa shape index (κ3) is 5.23. The highest BCUT2D eigenvalue weighted by Gasteiger charge is 2.39. The van der Waals surface area contributed by atoms with Crippen molar-refractivity contribution in [2.45, 2.75) is 97.2 Å². The van der Waals surface area contributed by atoms with Gasteiger partial charge in [0.25, 0.3) is 0 Å². The normalized spacial score (nSPS) is 41.5. The molecule has 0 N–H and O–H groups in total. The van der Waals surface area contributed by atoms with Crippen LogP contribution in [0.15, 0.2) is 0 Å². The Morgan fingerprint density at radius 2 is 1.38 bits per heavy atom. The topological polar surface area (TPSA) is 42.2 Å². The first-order chi connectivity index (χ1) is 12.6. The molecule has 0 aromatic rings. The van der Waals surface area contributed by atoms with Crippen LogP contribution in [0.3, 0.4) is 0 Å². The van der Waals surface area contributed by atoms with Gasteiger partial charge >= 0.3 is 0 Å². The monoisotopic (exact) mass is 361 g/mol. The third-order valence-electron chi connectivity index (χ3n) is 7.38. The minimum absolute atomic E-state index is 0.0633. The number of nitrogens with zero attached hydrogens (tertiary/aromatic N) is 1. The van der Waals surface area contributed by atoms with E-state index in [1.807, 2.05) is 6.92 Å². The molecule has 1 aliphatic heterocycles. The molecule has 0 spiro atoms. The number of unbranched alkanes of at least 4 members (excludes halogenated alkanes) is 2. The molecule has 0 aromatic heterocycles. The second kappa shape index (κ2) is 9.56. The molecule has 2 saturated carbocycles. The van der Waals surface area contributed by atoms with E-state index in [0.717, 1.165) is 17.8 Å². The van der Waals surface area contributed by atoms with Gasteiger partial charge in [-0.05, 0) is 63.2 Å². The number of nitriles is 1. The van der Waals surface area contributed by atoms with Crippen molar-refractivity contribution in [3.05, 3.63) is 0 Å². The predicted octanol–water partition coefficient (Wildman–Crippen LogP) is 6.08. The summed E-state index contributed by atoms with van der Waals surface area (Å²) >= 11 is 0. The highest BCUT2D eigenvalue weighted by atomic mass is 16.7. The number of hydrogen-bond donors (Lipinski definition) is 0. The van der Waals surface area contributed by atoms with Gasteiger partial charge in [0, 0.05) is 5.92 Å². The van der Waals surface area contributed by atoms with Gasteiger partial charge in [-0.2, -0.15) is 5.26 Å². The lowest BCUT2D eigenvalue weighted by Crippen LogP contribution is -2.43. The quantitative estimate of drug-likeness (QED) is 0.538. The van der Waals surface area contributed by atoms with Crippen molar-refractivity contribution in [3.8, 4) is 6.07 Å². The molecule has 0 atom stereocenters. The van der Waals surface area contributed by atoms with Crippen LogP contribution in [0.4, 0.5) is 0 Å². The van der Waals surface area contributed by atoms with Crippen LogP contribution in [-0.4, -0.2) is 19.5 Å². The van der Waals surface area contributed by atoms with E-state index in [9.17, 15) is 5.26 Å². The van der Waals surface area contributed by atoms with E-state index < -0.39 is 5.41 Å². The average Bonchev–Trinajstić information content (AvgIpc) is 2.70. The summed E-state index contributed by atoms with van der Waals surface area (Å²) < 4.78 is 11.8. The fourth-order valence-electron chi connectivity index (χ4n) is 5.48. The summed E-state index contributed by atoms with van der Waals surface area (Å²) in [5, 5.41) is 9.19. The van der Waals surface area contributed by atoms with Crippen LogP contribution in [0.2, 0.25) is 0 Å². The molecule has 2 aliphatic carbocycles. The maximum atomic E-state index is 9.19. The molecule has 0 amide bonds. The van der Waals surface area contributed by atoms with E-state index in [0.29, 0.717) is 19.1 Å². The Kier molecular flexibility index (Phi) is 7.41. The summed E-state index contributed by atoms with van der Waals surface area (Å²) in [6, 6.07) is 2.32. The second-order valence-electron chi connectivity index (χ2n) is 9.61. The maximum Gasteiger partial charge on any atom is 0.160 e. The molecule has 3 nitrogen and oxygen atoms in total. The molecule has 3 heteroatoms. The fraction of sp³-hybridized carbons (Fsp3) is 0.957. The van der Waals surface area contributed by atoms with Crippen LogP contribution < -0.4 is 0 Å². The van der Waals surface area contributed by atoms with Crippen molar-refractivity contribution in [1.29, 1.82) is 5.26 Å². The van der Waals surface area contributed by atoms with Crippen LogP contribution in [0.25, 0.3) is 0 Å². The molecule has 148 valence electrons. The van der Waals surface area contributed by atoms with E-state index in [2.05, 4.69) is 13.0 Å². The van der Waals surface area contributed by atoms with Gasteiger partial charge in [0.15, 0.2) is 6.29 Å². The second-order valence-corrected chi connectivity index (χ2v) is 9.61. The zero-order valence-electron chi connectivity index (χ0n) is 17.0. The van der Waals surface area contributed by atoms with E-state index in [4.69, 9.17) is 9.47 Å². The van der Waals surface area contributed by atoms with Gasteiger partial charge in [-0.25, -0.2) is 0 Å². The zero-order chi connectivity index (χ0) is 18.4. The van der Waals surface area contributed by atoms with Gasteiger partial charge in [-0.15, -0.1) is 0 Å². The van der Waals surface area contributed by atoms with Crippen LogP contribution >= 0.6 is 0 Å². The van der Waals surface area contributed by atoms with Crippen molar-refractivity contribution < 1.29 is 9.47 Å². The van der Waals surface area contributed by atoms with E-state index in [-0.39, 0.29) is 6.29 Å². The van der Waals surface area contributed by atoms with Gasteiger partial charge in [0.05, 0.1) is 19.3 Å². The molecular weight excluding hydrogens is 322 g/mol. The Bertz CT molecular complexity index is 447. The van der Waals surface area contributed by atoms with Crippen molar-refractivity contribution >= 4 is 0 Å². The van der Waals surface area contributed by atoms with Gasteiger partial charge in [0.1, 0.15) is 5.41 Å². The minimum Gasteiger partial charge on any atom is -0.351 e. The highest BCUT2D eigenvalue weighted by Crippen LogP contribution is 2.44. The maximum absolute atomic E-state index is 9.19. The summed E-state index contributed by atoms with van der Waals surface area (Å²) in [6.07, 6.45) is 16.7. The largest absolute Gasteiger partial charge is 0.351 e. The molecule has 0 aromatic carbocycles. The molecule has 26 heavy (non-hydrogen) atoms. The molecule has 0 radical (unpaired) electrons. The Labute approximate surface area is 160 Å². The van der Waals surface area contributed by atoms with E-state index in [1.54, 1.807) is 0 Å². The zero-order valence-corrected chi connectivity index (χ0v) is 17.0. The lowest BCUT2D eigenvalue weighted by atomic mass is 9.68. The number of hydrogen-bond acceptors (Lipinski definition) is 3. The van der Waals surface area contributed by atoms with Crippen LogP contribution in [-0.2, 0) is 9.47 Å². The van der Waals surface area contributed by atoms with Crippen molar-refractivity contribution in [2.24, 2.45) is 29.1 Å². The Morgan fingerprint density at radius 3 is 1.92 bits per heavy atom. The lowest BCUT2D eigenvalue weighted by Gasteiger charge is -2.41. The highest BCUT2D eigenvalue weighted by molar-refractivity contribution is 4.97. The molecule has 1 heterocycles. The molecule has 3 rings (SSSR count). The standard InChI is InChI=1S/C23H39NO2/c1-3-4-5-6-18-7-9-19(10-8-18)20-11-13-21(14-12-20)22-25-16-23(2,15-24)17-26-22/h18-22H,3-14,16-17H2,1-2H3/t18-,19-,20-,21+,22-,23-. The summed E-state index contributed by atoms with van der Waals surface area (Å²) in [5.41, 5.74) is -0.455. The van der Waals surface area contributed by atoms with Crippen LogP contribution in [0, 0.1) is 40.4 Å². The van der Waals surface area contributed by atoms with E-state index >= 15 is 0 Å². The first-order valence-electron chi connectivity index (χ1n) is 11.3. The van der Waals surface area contributed by atoms with Gasteiger partial charge < -0.3 is 9.47 Å². The SMILES string of the molecule is CCCCC[C@H]1CC[C@H]([C@H]2CC[C@@H]([C@H]3OC[C@](C)(C#N)CO3)CC2)CC1. The predicted molar refractivity (Wildman–Crippen MR) is 104 cm³/mol. The van der Waals surface area contributed by atoms with Crippen LogP contribution in [0.5, 0.6) is 0 Å². The summed E-state index contributed by atoms with van der Waals surface area (Å²) in [7, 11) is 0. The number of rotatable bonds is 6. The Morgan fingerprint density at radius 1 is 0.846 bits per heavy atom. The molecule has 0 unspecified atom stereocenters. The lowest BCUT2D eigenvalue weighted by molar-refractivity contribution is -0.240. The first-order valence-corrected chi connectivity index (χ1v) is 11.3. The average molecular weight is 362 g/mol. The Balaban J connectivity index is 1.35. The Hall–Kier alpha value is -0.590. The molecule has 3 fully saturated rings. The van der Waals surface area contributed by atoms with Crippen LogP contribution in [0.1, 0.15) is 90.9 Å². The molecule has 0 bridgehead atoms. The summed E-state index contributed by atoms with van der Waals surface area (Å²) in [6.45, 7) is 5.28. The fourth-order valence-corrected chi connectivity index (χ4v) is 5.48. The first kappa shape index (κ1) is 20.2. The summed E-state index contributed by atoms with van der Waals surface area (Å²) in [5.74, 6) is 3.48. The molecule has 1 saturated heterocycles. The van der Waals surface area contributed by atoms with Crippen molar-refractivity contribution in [3.63, 3.8) is 0 Å².